The summed E-state index contributed by atoms with van der Waals surface area (Å²) in [6.45, 7) is 4.20. The molecule has 0 unspecified atom stereocenters. The summed E-state index contributed by atoms with van der Waals surface area (Å²) in [5.74, 6) is -0.167. The molecule has 0 aromatic heterocycles. The quantitative estimate of drug-likeness (QED) is 0.845. The highest BCUT2D eigenvalue weighted by atomic mass is 79.9. The van der Waals surface area contributed by atoms with Crippen LogP contribution >= 0.6 is 15.9 Å². The minimum absolute atomic E-state index is 0.0697. The van der Waals surface area contributed by atoms with Gasteiger partial charge in [-0.25, -0.2) is 0 Å². The lowest BCUT2D eigenvalue weighted by Crippen LogP contribution is -2.20. The average molecular weight is 286 g/mol. The number of anilines is 1. The number of ether oxygens (including phenoxy) is 1. The van der Waals surface area contributed by atoms with E-state index in [1.54, 1.807) is 0 Å². The van der Waals surface area contributed by atoms with E-state index in [0.29, 0.717) is 13.0 Å². The molecule has 0 bridgehead atoms. The van der Waals surface area contributed by atoms with E-state index in [1.165, 1.54) is 0 Å². The number of hydrogen-bond acceptors (Lipinski definition) is 3. The summed E-state index contributed by atoms with van der Waals surface area (Å²) in [5.41, 5.74) is 1.000. The monoisotopic (exact) mass is 285 g/mol. The minimum Gasteiger partial charge on any atom is -0.466 e. The summed E-state index contributed by atoms with van der Waals surface area (Å²) >= 11 is 3.37. The van der Waals surface area contributed by atoms with Crippen molar-refractivity contribution in [1.29, 1.82) is 0 Å². The predicted molar refractivity (Wildman–Crippen MR) is 68.5 cm³/mol. The summed E-state index contributed by atoms with van der Waals surface area (Å²) in [6, 6.07) is 7.91. The van der Waals surface area contributed by atoms with Crippen molar-refractivity contribution in [2.24, 2.45) is 0 Å². The van der Waals surface area contributed by atoms with E-state index in [9.17, 15) is 4.79 Å². The molecule has 0 aliphatic heterocycles. The highest BCUT2D eigenvalue weighted by Gasteiger charge is 2.09. The molecule has 0 spiro atoms. The van der Waals surface area contributed by atoms with Crippen LogP contribution in [0.4, 0.5) is 5.69 Å². The molecule has 0 aliphatic carbocycles. The Hall–Kier alpha value is -1.03. The van der Waals surface area contributed by atoms with Crippen molar-refractivity contribution < 1.29 is 9.53 Å². The molecular formula is C12H16BrNO2. The highest BCUT2D eigenvalue weighted by molar-refractivity contribution is 9.10. The van der Waals surface area contributed by atoms with Gasteiger partial charge < -0.3 is 10.1 Å². The smallest absolute Gasteiger partial charge is 0.307 e. The maximum atomic E-state index is 11.2. The molecule has 0 radical (unpaired) electrons. The largest absolute Gasteiger partial charge is 0.466 e. The molecule has 0 aliphatic rings. The van der Waals surface area contributed by atoms with Gasteiger partial charge in [0, 0.05) is 16.2 Å². The van der Waals surface area contributed by atoms with Crippen LogP contribution in [0, 0.1) is 0 Å². The van der Waals surface area contributed by atoms with E-state index in [1.807, 2.05) is 38.1 Å². The van der Waals surface area contributed by atoms with E-state index in [2.05, 4.69) is 21.2 Å². The lowest BCUT2D eigenvalue weighted by Gasteiger charge is -2.14. The molecule has 16 heavy (non-hydrogen) atoms. The lowest BCUT2D eigenvalue weighted by molar-refractivity contribution is -0.143. The molecular weight excluding hydrogens is 270 g/mol. The summed E-state index contributed by atoms with van der Waals surface area (Å²) in [7, 11) is 0. The summed E-state index contributed by atoms with van der Waals surface area (Å²) < 4.78 is 5.92. The third kappa shape index (κ3) is 4.66. The third-order valence-electron chi connectivity index (χ3n) is 2.04. The summed E-state index contributed by atoms with van der Waals surface area (Å²) in [6.07, 6.45) is 0.379. The standard InChI is InChI=1S/C12H16BrNO2/c1-3-16-12(15)8-9(2)14-11-6-4-10(13)5-7-11/h4-7,9,14H,3,8H2,1-2H3/t9-/m0/s1. The first-order chi connectivity index (χ1) is 7.61. The second-order valence-corrected chi connectivity index (χ2v) is 4.48. The Morgan fingerprint density at radius 2 is 2.06 bits per heavy atom. The van der Waals surface area contributed by atoms with E-state index < -0.39 is 0 Å². The minimum atomic E-state index is -0.167. The SMILES string of the molecule is CCOC(=O)C[C@H](C)Nc1ccc(Br)cc1. The second-order valence-electron chi connectivity index (χ2n) is 3.56. The lowest BCUT2D eigenvalue weighted by atomic mass is 10.2. The molecule has 0 heterocycles. The zero-order chi connectivity index (χ0) is 12.0. The molecule has 0 fully saturated rings. The topological polar surface area (TPSA) is 38.3 Å². The first-order valence-electron chi connectivity index (χ1n) is 5.29. The Morgan fingerprint density at radius 1 is 1.44 bits per heavy atom. The summed E-state index contributed by atoms with van der Waals surface area (Å²) in [4.78, 5) is 11.2. The van der Waals surface area contributed by atoms with Crippen molar-refractivity contribution in [2.75, 3.05) is 11.9 Å². The summed E-state index contributed by atoms with van der Waals surface area (Å²) in [5, 5.41) is 3.24. The van der Waals surface area contributed by atoms with E-state index >= 15 is 0 Å². The number of carbonyl (C=O) groups excluding carboxylic acids is 1. The zero-order valence-corrected chi connectivity index (χ0v) is 11.1. The van der Waals surface area contributed by atoms with Crippen LogP contribution in [0.25, 0.3) is 0 Å². The molecule has 1 aromatic carbocycles. The first-order valence-corrected chi connectivity index (χ1v) is 6.09. The number of benzene rings is 1. The van der Waals surface area contributed by atoms with Gasteiger partial charge in [0.2, 0.25) is 0 Å². The Balaban J connectivity index is 2.42. The maximum Gasteiger partial charge on any atom is 0.307 e. The van der Waals surface area contributed by atoms with Crippen molar-refractivity contribution in [2.45, 2.75) is 26.3 Å². The van der Waals surface area contributed by atoms with Crippen molar-refractivity contribution in [1.82, 2.24) is 0 Å². The fraction of sp³-hybridized carbons (Fsp3) is 0.417. The van der Waals surface area contributed by atoms with Crippen LogP contribution in [-0.4, -0.2) is 18.6 Å². The fourth-order valence-corrected chi connectivity index (χ4v) is 1.62. The molecule has 88 valence electrons. The molecule has 0 saturated carbocycles. The molecule has 1 N–H and O–H groups in total. The number of hydrogen-bond donors (Lipinski definition) is 1. The normalized spacial score (nSPS) is 11.9. The van der Waals surface area contributed by atoms with Crippen LogP contribution < -0.4 is 5.32 Å². The molecule has 0 amide bonds. The van der Waals surface area contributed by atoms with E-state index in [0.717, 1.165) is 10.2 Å². The maximum absolute atomic E-state index is 11.2. The highest BCUT2D eigenvalue weighted by Crippen LogP contribution is 2.15. The van der Waals surface area contributed by atoms with Gasteiger partial charge in [-0.05, 0) is 38.1 Å². The Bertz CT molecular complexity index is 337. The van der Waals surface area contributed by atoms with Crippen molar-refractivity contribution in [3.05, 3.63) is 28.7 Å². The van der Waals surface area contributed by atoms with Gasteiger partial charge in [0.1, 0.15) is 0 Å². The Kier molecular flexibility index (Phi) is 5.32. The van der Waals surface area contributed by atoms with Gasteiger partial charge >= 0.3 is 5.97 Å². The predicted octanol–water partition coefficient (Wildman–Crippen LogP) is 3.20. The van der Waals surface area contributed by atoms with Crippen LogP contribution in [0.15, 0.2) is 28.7 Å². The first kappa shape index (κ1) is 13.0. The van der Waals surface area contributed by atoms with Crippen molar-refractivity contribution >= 4 is 27.6 Å². The zero-order valence-electron chi connectivity index (χ0n) is 9.50. The van der Waals surface area contributed by atoms with Gasteiger partial charge in [0.05, 0.1) is 13.0 Å². The molecule has 1 rings (SSSR count). The second kappa shape index (κ2) is 6.53. The van der Waals surface area contributed by atoms with Crippen molar-refractivity contribution in [3.8, 4) is 0 Å². The number of esters is 1. The Morgan fingerprint density at radius 3 is 2.62 bits per heavy atom. The van der Waals surface area contributed by atoms with Gasteiger partial charge in [-0.2, -0.15) is 0 Å². The van der Waals surface area contributed by atoms with Gasteiger partial charge in [-0.15, -0.1) is 0 Å². The molecule has 4 heteroatoms. The van der Waals surface area contributed by atoms with E-state index in [-0.39, 0.29) is 12.0 Å². The van der Waals surface area contributed by atoms with Crippen LogP contribution in [0.5, 0.6) is 0 Å². The van der Waals surface area contributed by atoms with Gasteiger partial charge in [0.15, 0.2) is 0 Å². The fourth-order valence-electron chi connectivity index (χ4n) is 1.35. The molecule has 3 nitrogen and oxygen atoms in total. The number of rotatable bonds is 5. The van der Waals surface area contributed by atoms with Gasteiger partial charge in [-0.3, -0.25) is 4.79 Å². The third-order valence-corrected chi connectivity index (χ3v) is 2.56. The Labute approximate surface area is 104 Å². The van der Waals surface area contributed by atoms with Crippen LogP contribution in [0.2, 0.25) is 0 Å². The van der Waals surface area contributed by atoms with Crippen LogP contribution in [0.3, 0.4) is 0 Å². The number of halogens is 1. The molecule has 0 saturated heterocycles. The van der Waals surface area contributed by atoms with Crippen molar-refractivity contribution in [3.63, 3.8) is 0 Å². The van der Waals surface area contributed by atoms with Gasteiger partial charge in [0.25, 0.3) is 0 Å². The number of nitrogens with one attached hydrogen (secondary N) is 1. The molecule has 1 atom stereocenters. The number of carbonyl (C=O) groups is 1. The van der Waals surface area contributed by atoms with Crippen LogP contribution in [-0.2, 0) is 9.53 Å². The van der Waals surface area contributed by atoms with Gasteiger partial charge in [-0.1, -0.05) is 15.9 Å². The van der Waals surface area contributed by atoms with E-state index in [4.69, 9.17) is 4.74 Å². The van der Waals surface area contributed by atoms with Crippen LogP contribution in [0.1, 0.15) is 20.3 Å². The average Bonchev–Trinajstić information content (AvgIpc) is 2.21. The molecule has 1 aromatic rings.